The van der Waals surface area contributed by atoms with Crippen molar-refractivity contribution < 1.29 is 21.6 Å². The van der Waals surface area contributed by atoms with E-state index in [1.165, 1.54) is 16.4 Å². The quantitative estimate of drug-likeness (QED) is 0.573. The van der Waals surface area contributed by atoms with E-state index in [4.69, 9.17) is 0 Å². The van der Waals surface area contributed by atoms with Gasteiger partial charge in [0.25, 0.3) is 10.0 Å². The molecule has 10 heteroatoms. The molecule has 2 N–H and O–H groups in total. The van der Waals surface area contributed by atoms with Gasteiger partial charge >= 0.3 is 0 Å². The van der Waals surface area contributed by atoms with E-state index in [-0.39, 0.29) is 23.1 Å². The van der Waals surface area contributed by atoms with Crippen LogP contribution in [0.4, 0.5) is 11.4 Å². The molecule has 1 aliphatic heterocycles. The Balaban J connectivity index is 1.74. The fourth-order valence-corrected chi connectivity index (χ4v) is 6.13. The molecule has 0 saturated heterocycles. The van der Waals surface area contributed by atoms with Crippen LogP contribution in [0.1, 0.15) is 44.2 Å². The number of rotatable bonds is 9. The number of carbonyl (C=O) groups excluding carboxylic acids is 1. The predicted molar refractivity (Wildman–Crippen MR) is 125 cm³/mol. The molecule has 0 unspecified atom stereocenters. The minimum absolute atomic E-state index is 0.0656. The van der Waals surface area contributed by atoms with Gasteiger partial charge in [0, 0.05) is 30.9 Å². The van der Waals surface area contributed by atoms with Gasteiger partial charge in [-0.2, -0.15) is 4.31 Å². The molecule has 2 aromatic carbocycles. The van der Waals surface area contributed by atoms with Gasteiger partial charge < -0.3 is 5.32 Å². The molecule has 0 saturated carbocycles. The average molecular weight is 480 g/mol. The van der Waals surface area contributed by atoms with Crippen LogP contribution in [0.2, 0.25) is 0 Å². The second-order valence-electron chi connectivity index (χ2n) is 7.81. The minimum atomic E-state index is -3.84. The summed E-state index contributed by atoms with van der Waals surface area (Å²) >= 11 is 0. The molecule has 0 atom stereocenters. The van der Waals surface area contributed by atoms with Crippen molar-refractivity contribution in [1.29, 1.82) is 0 Å². The molecule has 1 amide bonds. The molecular formula is C22H29N3O5S2. The maximum absolute atomic E-state index is 12.8. The van der Waals surface area contributed by atoms with Crippen LogP contribution in [0.25, 0.3) is 0 Å². The number of fused-ring (bicyclic) bond motifs is 1. The van der Waals surface area contributed by atoms with Crippen LogP contribution < -0.4 is 10.0 Å². The molecule has 0 radical (unpaired) electrons. The summed E-state index contributed by atoms with van der Waals surface area (Å²) in [6.07, 6.45) is 2.27. The van der Waals surface area contributed by atoms with E-state index in [0.29, 0.717) is 37.2 Å². The molecule has 1 aliphatic rings. The SMILES string of the molecule is CCCC(=O)Nc1ccc(S(=O)(=O)Nc2ccc3c(c2)CN(S(=O)(=O)CCC)CC3)cc1. The van der Waals surface area contributed by atoms with Crippen molar-refractivity contribution in [1.82, 2.24) is 4.31 Å². The number of carbonyl (C=O) groups is 1. The van der Waals surface area contributed by atoms with Crippen LogP contribution >= 0.6 is 0 Å². The second kappa shape index (κ2) is 10.0. The summed E-state index contributed by atoms with van der Waals surface area (Å²) < 4.78 is 54.5. The van der Waals surface area contributed by atoms with E-state index >= 15 is 0 Å². The number of hydrogen-bond donors (Lipinski definition) is 2. The Hall–Kier alpha value is -2.43. The number of nitrogens with one attached hydrogen (secondary N) is 2. The van der Waals surface area contributed by atoms with Gasteiger partial charge in [-0.1, -0.05) is 19.9 Å². The summed E-state index contributed by atoms with van der Waals surface area (Å²) in [5, 5.41) is 2.72. The third-order valence-electron chi connectivity index (χ3n) is 5.22. The Morgan fingerprint density at radius 1 is 0.938 bits per heavy atom. The van der Waals surface area contributed by atoms with Gasteiger partial charge in [0.2, 0.25) is 15.9 Å². The summed E-state index contributed by atoms with van der Waals surface area (Å²) in [6.45, 7) is 4.40. The standard InChI is InChI=1S/C22H29N3O5S2/c1-3-5-22(26)23-19-8-10-21(11-9-19)32(29,30)24-20-7-6-17-12-13-25(16-18(17)15-20)31(27,28)14-4-2/h6-11,15,24H,3-5,12-14,16H2,1-2H3,(H,23,26). The highest BCUT2D eigenvalue weighted by Crippen LogP contribution is 2.26. The van der Waals surface area contributed by atoms with Crippen LogP contribution in [0, 0.1) is 0 Å². The molecule has 0 bridgehead atoms. The maximum Gasteiger partial charge on any atom is 0.261 e. The smallest absolute Gasteiger partial charge is 0.261 e. The topological polar surface area (TPSA) is 113 Å². The Morgan fingerprint density at radius 3 is 2.28 bits per heavy atom. The minimum Gasteiger partial charge on any atom is -0.326 e. The van der Waals surface area contributed by atoms with Gasteiger partial charge in [0.05, 0.1) is 10.6 Å². The van der Waals surface area contributed by atoms with Crippen LogP contribution in [0.5, 0.6) is 0 Å². The fraction of sp³-hybridized carbons (Fsp3) is 0.409. The van der Waals surface area contributed by atoms with E-state index in [2.05, 4.69) is 10.0 Å². The van der Waals surface area contributed by atoms with Crippen LogP contribution in [-0.2, 0) is 37.8 Å². The van der Waals surface area contributed by atoms with Crippen molar-refractivity contribution in [2.45, 2.75) is 51.0 Å². The lowest BCUT2D eigenvalue weighted by Crippen LogP contribution is -2.37. The van der Waals surface area contributed by atoms with Gasteiger partial charge in [0.1, 0.15) is 0 Å². The van der Waals surface area contributed by atoms with Gasteiger partial charge in [-0.3, -0.25) is 9.52 Å². The summed E-state index contributed by atoms with van der Waals surface area (Å²) in [4.78, 5) is 11.8. The number of benzene rings is 2. The van der Waals surface area contributed by atoms with Crippen molar-refractivity contribution in [2.24, 2.45) is 0 Å². The first kappa shape index (κ1) is 24.2. The predicted octanol–water partition coefficient (Wildman–Crippen LogP) is 3.32. The highest BCUT2D eigenvalue weighted by molar-refractivity contribution is 7.92. The van der Waals surface area contributed by atoms with Crippen molar-refractivity contribution in [3.63, 3.8) is 0 Å². The van der Waals surface area contributed by atoms with E-state index in [1.807, 2.05) is 19.9 Å². The summed E-state index contributed by atoms with van der Waals surface area (Å²) in [7, 11) is -7.16. The van der Waals surface area contributed by atoms with Gasteiger partial charge in [-0.25, -0.2) is 16.8 Å². The molecule has 8 nitrogen and oxygen atoms in total. The van der Waals surface area contributed by atoms with Crippen molar-refractivity contribution in [2.75, 3.05) is 22.3 Å². The fourth-order valence-electron chi connectivity index (χ4n) is 3.60. The molecule has 174 valence electrons. The normalized spacial score (nSPS) is 14.6. The molecule has 0 aliphatic carbocycles. The number of amides is 1. The molecular weight excluding hydrogens is 450 g/mol. The van der Waals surface area contributed by atoms with Gasteiger partial charge in [-0.05, 0) is 66.8 Å². The highest BCUT2D eigenvalue weighted by atomic mass is 32.2. The van der Waals surface area contributed by atoms with E-state index in [0.717, 1.165) is 17.5 Å². The Labute approximate surface area is 190 Å². The third kappa shape index (κ3) is 5.87. The first-order valence-electron chi connectivity index (χ1n) is 10.7. The Bertz CT molecular complexity index is 1180. The number of anilines is 2. The first-order chi connectivity index (χ1) is 15.1. The largest absolute Gasteiger partial charge is 0.326 e. The number of sulfonamides is 2. The van der Waals surface area contributed by atoms with Gasteiger partial charge in [0.15, 0.2) is 0 Å². The van der Waals surface area contributed by atoms with Crippen molar-refractivity contribution in [3.05, 3.63) is 53.6 Å². The first-order valence-corrected chi connectivity index (χ1v) is 13.8. The molecule has 1 heterocycles. The lowest BCUT2D eigenvalue weighted by molar-refractivity contribution is -0.116. The molecule has 3 rings (SSSR count). The zero-order valence-corrected chi connectivity index (χ0v) is 19.9. The molecule has 2 aromatic rings. The zero-order valence-electron chi connectivity index (χ0n) is 18.3. The van der Waals surface area contributed by atoms with Crippen LogP contribution in [0.15, 0.2) is 47.4 Å². The Kier molecular flexibility index (Phi) is 7.58. The third-order valence-corrected chi connectivity index (χ3v) is 8.64. The second-order valence-corrected chi connectivity index (χ2v) is 11.6. The average Bonchev–Trinajstić information content (AvgIpc) is 2.73. The lowest BCUT2D eigenvalue weighted by Gasteiger charge is -2.28. The van der Waals surface area contributed by atoms with Crippen molar-refractivity contribution in [3.8, 4) is 0 Å². The van der Waals surface area contributed by atoms with E-state index < -0.39 is 20.0 Å². The number of hydrogen-bond acceptors (Lipinski definition) is 5. The summed E-state index contributed by atoms with van der Waals surface area (Å²) in [6, 6.07) is 11.2. The highest BCUT2D eigenvalue weighted by Gasteiger charge is 2.26. The van der Waals surface area contributed by atoms with Crippen LogP contribution in [-0.4, -0.2) is 39.3 Å². The maximum atomic E-state index is 12.8. The molecule has 0 fully saturated rings. The Morgan fingerprint density at radius 2 is 1.62 bits per heavy atom. The summed E-state index contributed by atoms with van der Waals surface area (Å²) in [5.74, 6) is -0.0194. The number of nitrogens with zero attached hydrogens (tertiary/aromatic N) is 1. The van der Waals surface area contributed by atoms with Gasteiger partial charge in [-0.15, -0.1) is 0 Å². The molecule has 0 aromatic heterocycles. The molecule has 32 heavy (non-hydrogen) atoms. The van der Waals surface area contributed by atoms with E-state index in [9.17, 15) is 21.6 Å². The van der Waals surface area contributed by atoms with Crippen LogP contribution in [0.3, 0.4) is 0 Å². The van der Waals surface area contributed by atoms with E-state index in [1.54, 1.807) is 24.3 Å². The molecule has 0 spiro atoms. The zero-order chi connectivity index (χ0) is 23.4. The van der Waals surface area contributed by atoms with Crippen molar-refractivity contribution >= 4 is 37.3 Å². The summed E-state index contributed by atoms with van der Waals surface area (Å²) in [5.41, 5.74) is 2.72. The lowest BCUT2D eigenvalue weighted by atomic mass is 10.0. The monoisotopic (exact) mass is 479 g/mol.